The summed E-state index contributed by atoms with van der Waals surface area (Å²) in [6.07, 6.45) is 13.8. The van der Waals surface area contributed by atoms with Crippen molar-refractivity contribution < 1.29 is 4.74 Å². The number of hydrogen-bond acceptors (Lipinski definition) is 3. The average molecular weight is 741 g/mol. The average Bonchev–Trinajstić information content (AvgIpc) is 3.80. The molecule has 0 fully saturated rings. The zero-order valence-electron chi connectivity index (χ0n) is 35.1. The second-order valence-corrected chi connectivity index (χ2v) is 17.7. The molecule has 0 aliphatic carbocycles. The van der Waals surface area contributed by atoms with Gasteiger partial charge in [-0.05, 0) is 77.1 Å². The number of aromatic nitrogens is 4. The SMILES string of the molecule is C1=COCC1.CCCC(C)(C)c1nc(C(C)(C)CC)c(C(C)(C)CC)[n-]1.CCCC(C)(C)c1nc(C(C)(C)CC)c(C(C)(C)CC)[n-]1.[Sr+2]. The first-order valence-corrected chi connectivity index (χ1v) is 18.9. The van der Waals surface area contributed by atoms with Crippen LogP contribution in [0.15, 0.2) is 12.3 Å². The second-order valence-electron chi connectivity index (χ2n) is 17.7. The van der Waals surface area contributed by atoms with Crippen LogP contribution in [-0.2, 0) is 37.2 Å². The summed E-state index contributed by atoms with van der Waals surface area (Å²) in [6, 6.07) is 0. The van der Waals surface area contributed by atoms with Crippen molar-refractivity contribution >= 4 is 45.5 Å². The van der Waals surface area contributed by atoms with Crippen molar-refractivity contribution in [2.45, 2.75) is 215 Å². The molecular formula is C42H76N4OSr. The summed E-state index contributed by atoms with van der Waals surface area (Å²) in [7, 11) is 0. The largest absolute Gasteiger partial charge is 2.00 e. The van der Waals surface area contributed by atoms with Crippen molar-refractivity contribution in [3.63, 3.8) is 0 Å². The molecule has 6 heteroatoms. The molecule has 0 unspecified atom stereocenters. The van der Waals surface area contributed by atoms with Crippen LogP contribution in [0.25, 0.3) is 0 Å². The molecular weight excluding hydrogens is 664 g/mol. The molecule has 0 bridgehead atoms. The van der Waals surface area contributed by atoms with E-state index in [1.165, 1.54) is 35.6 Å². The van der Waals surface area contributed by atoms with Crippen LogP contribution < -0.4 is 9.97 Å². The summed E-state index contributed by atoms with van der Waals surface area (Å²) in [6.45, 7) is 41.8. The number of nitrogens with zero attached hydrogens (tertiary/aromatic N) is 4. The van der Waals surface area contributed by atoms with Crippen LogP contribution in [0.2, 0.25) is 0 Å². The maximum atomic E-state index is 5.05. The minimum Gasteiger partial charge on any atom is -0.501 e. The van der Waals surface area contributed by atoms with Crippen LogP contribution in [0, 0.1) is 0 Å². The Morgan fingerprint density at radius 2 is 0.875 bits per heavy atom. The summed E-state index contributed by atoms with van der Waals surface area (Å²) >= 11 is 0. The molecule has 0 saturated carbocycles. The molecule has 272 valence electrons. The third-order valence-electron chi connectivity index (χ3n) is 11.0. The van der Waals surface area contributed by atoms with Gasteiger partial charge in [0, 0.05) is 6.42 Å². The molecule has 0 atom stereocenters. The molecule has 3 rings (SSSR count). The Bertz CT molecular complexity index is 1080. The van der Waals surface area contributed by atoms with E-state index in [0.717, 1.165) is 63.2 Å². The Morgan fingerprint density at radius 1 is 0.542 bits per heavy atom. The van der Waals surface area contributed by atoms with Crippen LogP contribution >= 0.6 is 0 Å². The molecule has 2 aromatic rings. The van der Waals surface area contributed by atoms with Crippen molar-refractivity contribution in [1.82, 2.24) is 19.9 Å². The molecule has 48 heavy (non-hydrogen) atoms. The Balaban J connectivity index is 0.000000786. The minimum atomic E-state index is 0. The van der Waals surface area contributed by atoms with Crippen molar-refractivity contribution in [3.8, 4) is 0 Å². The monoisotopic (exact) mass is 741 g/mol. The van der Waals surface area contributed by atoms with E-state index >= 15 is 0 Å². The van der Waals surface area contributed by atoms with Gasteiger partial charge in [-0.3, -0.25) is 0 Å². The number of ether oxygens (including phenoxy) is 1. The molecule has 0 amide bonds. The first-order chi connectivity index (χ1) is 21.5. The second kappa shape index (κ2) is 19.3. The zero-order chi connectivity index (χ0) is 36.5. The molecule has 1 aliphatic rings. The van der Waals surface area contributed by atoms with Gasteiger partial charge in [-0.1, -0.05) is 172 Å². The van der Waals surface area contributed by atoms with Gasteiger partial charge in [-0.25, -0.2) is 0 Å². The molecule has 0 radical (unpaired) electrons. The van der Waals surface area contributed by atoms with Gasteiger partial charge in [0.1, 0.15) is 0 Å². The predicted octanol–water partition coefficient (Wildman–Crippen LogP) is 11.5. The van der Waals surface area contributed by atoms with E-state index in [1.807, 2.05) is 6.08 Å². The van der Waals surface area contributed by atoms with E-state index in [1.54, 1.807) is 6.26 Å². The van der Waals surface area contributed by atoms with Crippen molar-refractivity contribution in [1.29, 1.82) is 0 Å². The fourth-order valence-corrected chi connectivity index (χ4v) is 5.66. The zero-order valence-corrected chi connectivity index (χ0v) is 38.6. The topological polar surface area (TPSA) is 63.2 Å². The molecule has 5 nitrogen and oxygen atoms in total. The molecule has 0 saturated heterocycles. The molecule has 1 aliphatic heterocycles. The van der Waals surface area contributed by atoms with Gasteiger partial charge in [0.2, 0.25) is 0 Å². The van der Waals surface area contributed by atoms with Gasteiger partial charge < -0.3 is 24.7 Å². The van der Waals surface area contributed by atoms with E-state index in [2.05, 4.69) is 125 Å². The minimum absolute atomic E-state index is 0. The molecule has 0 N–H and O–H groups in total. The van der Waals surface area contributed by atoms with Crippen LogP contribution in [-0.4, -0.2) is 62.1 Å². The predicted molar refractivity (Wildman–Crippen MR) is 210 cm³/mol. The Morgan fingerprint density at radius 3 is 1.08 bits per heavy atom. The first-order valence-electron chi connectivity index (χ1n) is 18.9. The van der Waals surface area contributed by atoms with Gasteiger partial charge in [-0.15, -0.1) is 0 Å². The van der Waals surface area contributed by atoms with E-state index in [-0.39, 0.29) is 78.0 Å². The number of imidazole rings is 2. The van der Waals surface area contributed by atoms with Crippen LogP contribution in [0.4, 0.5) is 0 Å². The molecule has 3 heterocycles. The van der Waals surface area contributed by atoms with Crippen LogP contribution in [0.3, 0.4) is 0 Å². The van der Waals surface area contributed by atoms with E-state index < -0.39 is 0 Å². The van der Waals surface area contributed by atoms with E-state index in [0.29, 0.717) is 0 Å². The van der Waals surface area contributed by atoms with Gasteiger partial charge in [-0.2, -0.15) is 0 Å². The third kappa shape index (κ3) is 12.6. The van der Waals surface area contributed by atoms with Gasteiger partial charge in [0.15, 0.2) is 0 Å². The smallest absolute Gasteiger partial charge is 0.501 e. The maximum absolute atomic E-state index is 5.05. The van der Waals surface area contributed by atoms with Gasteiger partial charge in [0.05, 0.1) is 12.9 Å². The fourth-order valence-electron chi connectivity index (χ4n) is 5.66. The summed E-state index contributed by atoms with van der Waals surface area (Å²) in [5, 5.41) is 0. The molecule has 0 aromatic carbocycles. The van der Waals surface area contributed by atoms with Crippen molar-refractivity contribution in [3.05, 3.63) is 46.8 Å². The number of rotatable bonds is 14. The van der Waals surface area contributed by atoms with Gasteiger partial charge in [0.25, 0.3) is 0 Å². The number of hydrogen-bond donors (Lipinski definition) is 0. The van der Waals surface area contributed by atoms with Crippen molar-refractivity contribution in [2.75, 3.05) is 6.61 Å². The normalized spacial score (nSPS) is 14.0. The quantitative estimate of drug-likeness (QED) is 0.181. The Labute approximate surface area is 335 Å². The Kier molecular flexibility index (Phi) is 19.1. The summed E-state index contributed by atoms with van der Waals surface area (Å²) in [4.78, 5) is 20.2. The third-order valence-corrected chi connectivity index (χ3v) is 11.0. The van der Waals surface area contributed by atoms with Crippen LogP contribution in [0.1, 0.15) is 217 Å². The first kappa shape index (κ1) is 47.4. The summed E-state index contributed by atoms with van der Waals surface area (Å²) < 4.78 is 4.76. The standard InChI is InChI=1S/2C19H35N2.C4H6O.Sr/c2*1-10-13-19(8,9)16-20-14(17(4,5)11-2)15(21-16)18(6,7)12-3;1-2-4-5-3-1;/h2*10-13H2,1-9H3;1,3H,2,4H2;/q2*-1;;+2. The van der Waals surface area contributed by atoms with Crippen LogP contribution in [0.5, 0.6) is 0 Å². The van der Waals surface area contributed by atoms with E-state index in [9.17, 15) is 0 Å². The Hall–Kier alpha value is -0.559. The molecule has 0 spiro atoms. The molecule has 2 aromatic heterocycles. The van der Waals surface area contributed by atoms with Gasteiger partial charge >= 0.3 is 45.5 Å². The van der Waals surface area contributed by atoms with Crippen molar-refractivity contribution in [2.24, 2.45) is 0 Å². The van der Waals surface area contributed by atoms with E-state index in [4.69, 9.17) is 24.7 Å². The summed E-state index contributed by atoms with van der Waals surface area (Å²) in [5.74, 6) is 2.08. The summed E-state index contributed by atoms with van der Waals surface area (Å²) in [5.41, 5.74) is 5.37. The fraction of sp³-hybridized carbons (Fsp3) is 0.810. The maximum Gasteiger partial charge on any atom is 2.00 e.